The first-order valence-corrected chi connectivity index (χ1v) is 12.1. The maximum absolute atomic E-state index is 14.2. The summed E-state index contributed by atoms with van der Waals surface area (Å²) >= 11 is 0. The summed E-state index contributed by atoms with van der Waals surface area (Å²) in [5.74, 6) is -0.392. The van der Waals surface area contributed by atoms with Crippen molar-refractivity contribution in [2.75, 3.05) is 0 Å². The first kappa shape index (κ1) is 20.6. The van der Waals surface area contributed by atoms with E-state index in [1.54, 1.807) is 60.5 Å². The topological polar surface area (TPSA) is 74.7 Å². The molecule has 4 heterocycles. The Morgan fingerprint density at radius 3 is 2.47 bits per heavy atom. The van der Waals surface area contributed by atoms with Gasteiger partial charge in [-0.1, -0.05) is 17.7 Å². The molecule has 6 aromatic rings. The number of pyridine rings is 1. The minimum absolute atomic E-state index is 0.148. The molecular weight excluding hydrogens is 453 g/mol. The van der Waals surface area contributed by atoms with Gasteiger partial charge in [-0.2, -0.15) is 5.10 Å². The Morgan fingerprint density at radius 1 is 0.941 bits per heavy atom. The molecule has 0 spiro atoms. The third kappa shape index (κ3) is 2.83. The van der Waals surface area contributed by atoms with Crippen LogP contribution in [0.1, 0.15) is 5.56 Å². The average Bonchev–Trinajstić information content (AvgIpc) is 3.47. The maximum atomic E-state index is 14.2. The standard InChI is InChI=1S/C25H20FN5O2S/c1-15-4-7-18(8-5-15)34(32,33)31-23(21-14-29(2)22-9-6-17(26)10-19(21)22)11-20-24-16(12-27-25(20)31)13-28-30(24)3/h4-14H,1-3H3. The Kier molecular flexibility index (Phi) is 4.25. The lowest BCUT2D eigenvalue weighted by Crippen LogP contribution is -2.14. The molecule has 0 aliphatic carbocycles. The second kappa shape index (κ2) is 7.01. The summed E-state index contributed by atoms with van der Waals surface area (Å²) in [4.78, 5) is 4.68. The van der Waals surface area contributed by atoms with Crippen LogP contribution in [0.3, 0.4) is 0 Å². The maximum Gasteiger partial charge on any atom is 0.269 e. The summed E-state index contributed by atoms with van der Waals surface area (Å²) in [5, 5.41) is 6.39. The number of halogens is 1. The lowest BCUT2D eigenvalue weighted by molar-refractivity contribution is 0.589. The van der Waals surface area contributed by atoms with E-state index in [2.05, 4.69) is 10.1 Å². The molecule has 0 aliphatic heterocycles. The van der Waals surface area contributed by atoms with Gasteiger partial charge >= 0.3 is 0 Å². The number of rotatable bonds is 3. The van der Waals surface area contributed by atoms with Gasteiger partial charge in [-0.25, -0.2) is 21.8 Å². The molecule has 170 valence electrons. The second-order valence-electron chi connectivity index (χ2n) is 8.49. The highest BCUT2D eigenvalue weighted by molar-refractivity contribution is 7.90. The number of benzene rings is 2. The van der Waals surface area contributed by atoms with Gasteiger partial charge in [0.2, 0.25) is 0 Å². The van der Waals surface area contributed by atoms with E-state index >= 15 is 0 Å². The van der Waals surface area contributed by atoms with Crippen molar-refractivity contribution in [1.29, 1.82) is 0 Å². The number of fused-ring (bicyclic) bond motifs is 4. The van der Waals surface area contributed by atoms with E-state index in [-0.39, 0.29) is 4.90 Å². The van der Waals surface area contributed by atoms with E-state index in [4.69, 9.17) is 0 Å². The zero-order chi connectivity index (χ0) is 23.8. The summed E-state index contributed by atoms with van der Waals surface area (Å²) in [5.41, 5.74) is 3.82. The van der Waals surface area contributed by atoms with Gasteiger partial charge in [0, 0.05) is 53.7 Å². The molecular formula is C25H20FN5O2S. The number of aromatic nitrogens is 5. The van der Waals surface area contributed by atoms with Gasteiger partial charge in [0.25, 0.3) is 10.0 Å². The molecule has 0 saturated carbocycles. The molecule has 0 radical (unpaired) electrons. The quantitative estimate of drug-likeness (QED) is 0.371. The molecule has 6 rings (SSSR count). The third-order valence-corrected chi connectivity index (χ3v) is 7.99. The highest BCUT2D eigenvalue weighted by Gasteiger charge is 2.28. The van der Waals surface area contributed by atoms with E-state index in [1.165, 1.54) is 16.1 Å². The molecule has 34 heavy (non-hydrogen) atoms. The second-order valence-corrected chi connectivity index (χ2v) is 10.3. The number of hydrogen-bond donors (Lipinski definition) is 0. The SMILES string of the molecule is Cc1ccc(S(=O)(=O)n2c(-c3cn(C)c4ccc(F)cc34)cc3c4c(cnc32)cnn4C)cc1. The highest BCUT2D eigenvalue weighted by atomic mass is 32.2. The van der Waals surface area contributed by atoms with Gasteiger partial charge in [-0.05, 0) is 43.3 Å². The molecule has 0 bridgehead atoms. The zero-order valence-electron chi connectivity index (χ0n) is 18.7. The van der Waals surface area contributed by atoms with E-state index in [1.807, 2.05) is 24.7 Å². The largest absolute Gasteiger partial charge is 0.350 e. The van der Waals surface area contributed by atoms with E-state index < -0.39 is 15.8 Å². The fraction of sp³-hybridized carbons (Fsp3) is 0.120. The highest BCUT2D eigenvalue weighted by Crippen LogP contribution is 2.38. The summed E-state index contributed by atoms with van der Waals surface area (Å²) in [6.45, 7) is 1.90. The Morgan fingerprint density at radius 2 is 1.71 bits per heavy atom. The first-order valence-electron chi connectivity index (χ1n) is 10.6. The molecule has 0 aliphatic rings. The number of hydrogen-bond acceptors (Lipinski definition) is 4. The Labute approximate surface area is 194 Å². The summed E-state index contributed by atoms with van der Waals surface area (Å²) in [6, 6.07) is 13.0. The van der Waals surface area contributed by atoms with Crippen molar-refractivity contribution in [2.45, 2.75) is 11.8 Å². The molecule has 9 heteroatoms. The van der Waals surface area contributed by atoms with Crippen LogP contribution in [-0.4, -0.2) is 31.7 Å². The van der Waals surface area contributed by atoms with Crippen molar-refractivity contribution >= 4 is 42.9 Å². The van der Waals surface area contributed by atoms with Crippen LogP contribution < -0.4 is 0 Å². The lowest BCUT2D eigenvalue weighted by Gasteiger charge is -2.11. The number of aryl methyl sites for hydroxylation is 3. The first-order chi connectivity index (χ1) is 16.3. The van der Waals surface area contributed by atoms with Crippen LogP contribution in [0.5, 0.6) is 0 Å². The van der Waals surface area contributed by atoms with Gasteiger partial charge in [-0.3, -0.25) is 4.68 Å². The van der Waals surface area contributed by atoms with Gasteiger partial charge in [-0.15, -0.1) is 0 Å². The van der Waals surface area contributed by atoms with Crippen LogP contribution in [0.4, 0.5) is 4.39 Å². The Hall–Kier alpha value is -3.98. The predicted molar refractivity (Wildman–Crippen MR) is 130 cm³/mol. The van der Waals surface area contributed by atoms with Crippen molar-refractivity contribution in [3.05, 3.63) is 78.5 Å². The van der Waals surface area contributed by atoms with Crippen molar-refractivity contribution in [1.82, 2.24) is 23.3 Å². The molecule has 0 fully saturated rings. The van der Waals surface area contributed by atoms with Crippen molar-refractivity contribution < 1.29 is 12.8 Å². The molecule has 0 amide bonds. The summed E-state index contributed by atoms with van der Waals surface area (Å²) < 4.78 is 47.1. The minimum atomic E-state index is -4.03. The van der Waals surface area contributed by atoms with Crippen molar-refractivity contribution in [3.63, 3.8) is 0 Å². The Balaban J connectivity index is 1.78. The van der Waals surface area contributed by atoms with Gasteiger partial charge in [0.1, 0.15) is 5.82 Å². The zero-order valence-corrected chi connectivity index (χ0v) is 19.5. The van der Waals surface area contributed by atoms with Crippen LogP contribution >= 0.6 is 0 Å². The molecule has 0 atom stereocenters. The van der Waals surface area contributed by atoms with Crippen LogP contribution in [0.25, 0.3) is 44.1 Å². The molecule has 0 saturated heterocycles. The van der Waals surface area contributed by atoms with E-state index in [0.29, 0.717) is 27.7 Å². The van der Waals surface area contributed by atoms with Crippen LogP contribution in [0, 0.1) is 12.7 Å². The third-order valence-electron chi connectivity index (χ3n) is 6.27. The van der Waals surface area contributed by atoms with Crippen LogP contribution in [-0.2, 0) is 24.1 Å². The Bertz CT molecular complexity index is 1860. The van der Waals surface area contributed by atoms with Crippen molar-refractivity contribution in [2.24, 2.45) is 14.1 Å². The smallest absolute Gasteiger partial charge is 0.269 e. The van der Waals surface area contributed by atoms with E-state index in [0.717, 1.165) is 22.0 Å². The fourth-order valence-corrected chi connectivity index (χ4v) is 6.08. The molecule has 0 unspecified atom stereocenters. The molecule has 0 N–H and O–H groups in total. The molecule has 7 nitrogen and oxygen atoms in total. The van der Waals surface area contributed by atoms with Gasteiger partial charge in [0.05, 0.1) is 22.3 Å². The molecule has 2 aromatic carbocycles. The van der Waals surface area contributed by atoms with Crippen molar-refractivity contribution in [3.8, 4) is 11.3 Å². The van der Waals surface area contributed by atoms with Gasteiger partial charge in [0.15, 0.2) is 5.65 Å². The van der Waals surface area contributed by atoms with Crippen LogP contribution in [0.2, 0.25) is 0 Å². The van der Waals surface area contributed by atoms with Gasteiger partial charge < -0.3 is 4.57 Å². The summed E-state index contributed by atoms with van der Waals surface area (Å²) in [7, 11) is -0.374. The predicted octanol–water partition coefficient (Wildman–Crippen LogP) is 4.77. The number of nitrogens with zero attached hydrogens (tertiary/aromatic N) is 5. The summed E-state index contributed by atoms with van der Waals surface area (Å²) in [6.07, 6.45) is 5.14. The van der Waals surface area contributed by atoms with Crippen LogP contribution in [0.15, 0.2) is 72.0 Å². The molecule has 4 aromatic heterocycles. The normalized spacial score (nSPS) is 12.4. The van der Waals surface area contributed by atoms with E-state index in [9.17, 15) is 12.8 Å². The lowest BCUT2D eigenvalue weighted by atomic mass is 10.1. The minimum Gasteiger partial charge on any atom is -0.350 e. The fourth-order valence-electron chi connectivity index (χ4n) is 4.60. The monoisotopic (exact) mass is 473 g/mol. The average molecular weight is 474 g/mol.